The Balaban J connectivity index is 2.95. The number of aryl methyl sites for hydroxylation is 2. The van der Waals surface area contributed by atoms with Gasteiger partial charge in [0.2, 0.25) is 0 Å². The lowest BCUT2D eigenvalue weighted by Gasteiger charge is -2.20. The molecule has 0 fully saturated rings. The van der Waals surface area contributed by atoms with Crippen LogP contribution < -0.4 is 0 Å². The monoisotopic (exact) mass is 224 g/mol. The second-order valence-corrected chi connectivity index (χ2v) is 4.47. The number of rotatable bonds is 4. The van der Waals surface area contributed by atoms with Crippen molar-refractivity contribution >= 4 is 0 Å². The van der Waals surface area contributed by atoms with E-state index in [1.807, 2.05) is 20.8 Å². The number of aliphatic hydroxyl groups is 2. The standard InChI is InChI=1S/C13H20O3/c1-8-4-11(15)5-9(2)13(8)10(3)6-12(16)7-14/h4-5,10,12,14-16H,6-7H2,1-3H3. The van der Waals surface area contributed by atoms with E-state index in [1.54, 1.807) is 12.1 Å². The maximum absolute atomic E-state index is 9.44. The molecule has 0 aliphatic rings. The maximum Gasteiger partial charge on any atom is 0.116 e. The first-order valence-corrected chi connectivity index (χ1v) is 5.54. The number of hydrogen-bond donors (Lipinski definition) is 3. The normalized spacial score (nSPS) is 14.8. The zero-order chi connectivity index (χ0) is 12.3. The van der Waals surface area contributed by atoms with Gasteiger partial charge in [-0.1, -0.05) is 6.92 Å². The fourth-order valence-corrected chi connectivity index (χ4v) is 2.33. The molecule has 1 rings (SSSR count). The van der Waals surface area contributed by atoms with E-state index in [4.69, 9.17) is 5.11 Å². The summed E-state index contributed by atoms with van der Waals surface area (Å²) in [6.45, 7) is 5.71. The topological polar surface area (TPSA) is 60.7 Å². The van der Waals surface area contributed by atoms with Crippen LogP contribution in [0.3, 0.4) is 0 Å². The van der Waals surface area contributed by atoms with Crippen LogP contribution in [0.2, 0.25) is 0 Å². The maximum atomic E-state index is 9.44. The minimum absolute atomic E-state index is 0.169. The first kappa shape index (κ1) is 13.0. The Morgan fingerprint density at radius 1 is 1.19 bits per heavy atom. The van der Waals surface area contributed by atoms with E-state index < -0.39 is 6.10 Å². The third kappa shape index (κ3) is 2.97. The van der Waals surface area contributed by atoms with Gasteiger partial charge >= 0.3 is 0 Å². The first-order valence-electron chi connectivity index (χ1n) is 5.54. The quantitative estimate of drug-likeness (QED) is 0.731. The number of phenols is 1. The van der Waals surface area contributed by atoms with Crippen molar-refractivity contribution in [3.63, 3.8) is 0 Å². The molecule has 0 amide bonds. The molecular weight excluding hydrogens is 204 g/mol. The number of aromatic hydroxyl groups is 1. The molecule has 0 radical (unpaired) electrons. The number of phenolic OH excluding ortho intramolecular Hbond substituents is 1. The molecule has 1 aromatic rings. The molecule has 3 N–H and O–H groups in total. The number of hydrogen-bond acceptors (Lipinski definition) is 3. The van der Waals surface area contributed by atoms with Crippen LogP contribution in [-0.4, -0.2) is 28.0 Å². The van der Waals surface area contributed by atoms with Gasteiger partial charge in [-0.15, -0.1) is 0 Å². The van der Waals surface area contributed by atoms with E-state index in [0.29, 0.717) is 6.42 Å². The van der Waals surface area contributed by atoms with E-state index in [0.717, 1.165) is 16.7 Å². The van der Waals surface area contributed by atoms with Crippen molar-refractivity contribution in [1.29, 1.82) is 0 Å². The predicted octanol–water partition coefficient (Wildman–Crippen LogP) is 1.86. The molecule has 0 saturated heterocycles. The van der Waals surface area contributed by atoms with Crippen molar-refractivity contribution in [3.8, 4) is 5.75 Å². The highest BCUT2D eigenvalue weighted by Gasteiger charge is 2.16. The second-order valence-electron chi connectivity index (χ2n) is 4.47. The van der Waals surface area contributed by atoms with Crippen molar-refractivity contribution in [2.24, 2.45) is 0 Å². The molecule has 16 heavy (non-hydrogen) atoms. The Morgan fingerprint density at radius 3 is 2.12 bits per heavy atom. The molecule has 0 aliphatic heterocycles. The molecular formula is C13H20O3. The Bertz CT molecular complexity index is 337. The van der Waals surface area contributed by atoms with Gasteiger partial charge in [-0.25, -0.2) is 0 Å². The minimum Gasteiger partial charge on any atom is -0.508 e. The molecule has 0 saturated carbocycles. The zero-order valence-corrected chi connectivity index (χ0v) is 10.1. The summed E-state index contributed by atoms with van der Waals surface area (Å²) in [5.74, 6) is 0.441. The van der Waals surface area contributed by atoms with Gasteiger partial charge < -0.3 is 15.3 Å². The Labute approximate surface area is 96.4 Å². The summed E-state index contributed by atoms with van der Waals surface area (Å²) < 4.78 is 0. The lowest BCUT2D eigenvalue weighted by atomic mass is 9.88. The zero-order valence-electron chi connectivity index (χ0n) is 10.1. The lowest BCUT2D eigenvalue weighted by Crippen LogP contribution is -2.16. The molecule has 3 nitrogen and oxygen atoms in total. The van der Waals surface area contributed by atoms with E-state index in [1.165, 1.54) is 0 Å². The smallest absolute Gasteiger partial charge is 0.116 e. The average Bonchev–Trinajstić information content (AvgIpc) is 2.15. The molecule has 0 spiro atoms. The van der Waals surface area contributed by atoms with Crippen LogP contribution in [0.5, 0.6) is 5.75 Å². The van der Waals surface area contributed by atoms with Crippen molar-refractivity contribution in [1.82, 2.24) is 0 Å². The van der Waals surface area contributed by atoms with Gasteiger partial charge in [0.15, 0.2) is 0 Å². The Kier molecular flexibility index (Phi) is 4.33. The van der Waals surface area contributed by atoms with Gasteiger partial charge in [0.05, 0.1) is 12.7 Å². The average molecular weight is 224 g/mol. The summed E-state index contributed by atoms with van der Waals surface area (Å²) in [4.78, 5) is 0. The summed E-state index contributed by atoms with van der Waals surface area (Å²) in [5, 5.41) is 27.7. The van der Waals surface area contributed by atoms with Gasteiger partial charge in [-0.3, -0.25) is 0 Å². The number of aliphatic hydroxyl groups excluding tert-OH is 2. The molecule has 0 aliphatic carbocycles. The summed E-state index contributed by atoms with van der Waals surface area (Å²) in [6.07, 6.45) is -0.147. The third-order valence-electron chi connectivity index (χ3n) is 2.91. The summed E-state index contributed by atoms with van der Waals surface area (Å²) in [5.41, 5.74) is 3.19. The Hall–Kier alpha value is -1.06. The molecule has 2 atom stereocenters. The van der Waals surface area contributed by atoms with Crippen LogP contribution in [0.4, 0.5) is 0 Å². The molecule has 2 unspecified atom stereocenters. The fraction of sp³-hybridized carbons (Fsp3) is 0.538. The highest BCUT2D eigenvalue weighted by atomic mass is 16.3. The van der Waals surface area contributed by atoms with Crippen LogP contribution in [0, 0.1) is 13.8 Å². The fourth-order valence-electron chi connectivity index (χ4n) is 2.33. The molecule has 3 heteroatoms. The molecule has 90 valence electrons. The minimum atomic E-state index is -0.678. The van der Waals surface area contributed by atoms with Gasteiger partial charge in [0.1, 0.15) is 5.75 Å². The van der Waals surface area contributed by atoms with Crippen LogP contribution in [-0.2, 0) is 0 Å². The highest BCUT2D eigenvalue weighted by molar-refractivity contribution is 5.42. The van der Waals surface area contributed by atoms with E-state index in [-0.39, 0.29) is 18.3 Å². The second kappa shape index (κ2) is 5.32. The van der Waals surface area contributed by atoms with Crippen molar-refractivity contribution < 1.29 is 15.3 Å². The van der Waals surface area contributed by atoms with E-state index in [9.17, 15) is 10.2 Å². The SMILES string of the molecule is Cc1cc(O)cc(C)c1C(C)CC(O)CO. The van der Waals surface area contributed by atoms with Gasteiger partial charge in [-0.2, -0.15) is 0 Å². The lowest BCUT2D eigenvalue weighted by molar-refractivity contribution is 0.0834. The van der Waals surface area contributed by atoms with Crippen molar-refractivity contribution in [2.75, 3.05) is 6.61 Å². The summed E-state index contributed by atoms with van der Waals surface area (Å²) in [7, 11) is 0. The molecule has 0 aromatic heterocycles. The number of benzene rings is 1. The van der Waals surface area contributed by atoms with Gasteiger partial charge in [-0.05, 0) is 55.0 Å². The Morgan fingerprint density at radius 2 is 1.69 bits per heavy atom. The summed E-state index contributed by atoms with van der Waals surface area (Å²) in [6, 6.07) is 3.45. The predicted molar refractivity (Wildman–Crippen MR) is 63.7 cm³/mol. The van der Waals surface area contributed by atoms with Gasteiger partial charge in [0, 0.05) is 0 Å². The van der Waals surface area contributed by atoms with E-state index in [2.05, 4.69) is 0 Å². The summed E-state index contributed by atoms with van der Waals surface area (Å²) >= 11 is 0. The van der Waals surface area contributed by atoms with Crippen LogP contribution in [0.1, 0.15) is 36.0 Å². The van der Waals surface area contributed by atoms with Crippen LogP contribution in [0.25, 0.3) is 0 Å². The molecule has 0 heterocycles. The molecule has 1 aromatic carbocycles. The van der Waals surface area contributed by atoms with Crippen LogP contribution >= 0.6 is 0 Å². The highest BCUT2D eigenvalue weighted by Crippen LogP contribution is 2.30. The van der Waals surface area contributed by atoms with Crippen LogP contribution in [0.15, 0.2) is 12.1 Å². The molecule has 0 bridgehead atoms. The van der Waals surface area contributed by atoms with Gasteiger partial charge in [0.25, 0.3) is 0 Å². The third-order valence-corrected chi connectivity index (χ3v) is 2.91. The van der Waals surface area contributed by atoms with Crippen molar-refractivity contribution in [2.45, 2.75) is 39.2 Å². The first-order chi connectivity index (χ1) is 7.45. The van der Waals surface area contributed by atoms with E-state index >= 15 is 0 Å². The largest absolute Gasteiger partial charge is 0.508 e. The van der Waals surface area contributed by atoms with Crippen molar-refractivity contribution in [3.05, 3.63) is 28.8 Å².